The summed E-state index contributed by atoms with van der Waals surface area (Å²) < 4.78 is 3.15. The highest BCUT2D eigenvalue weighted by molar-refractivity contribution is 5.82. The molecule has 20 heavy (non-hydrogen) atoms. The van der Waals surface area contributed by atoms with Gasteiger partial charge in [0.1, 0.15) is 0 Å². The van der Waals surface area contributed by atoms with Gasteiger partial charge < -0.3 is 0 Å². The summed E-state index contributed by atoms with van der Waals surface area (Å²) >= 11 is 0. The highest BCUT2D eigenvalue weighted by atomic mass is 16.1. The fourth-order valence-corrected chi connectivity index (χ4v) is 2.59. The Kier molecular flexibility index (Phi) is 2.89. The van der Waals surface area contributed by atoms with Crippen LogP contribution in [0.1, 0.15) is 17.0 Å². The summed E-state index contributed by atoms with van der Waals surface area (Å²) in [5.74, 6) is 0. The summed E-state index contributed by atoms with van der Waals surface area (Å²) in [6.45, 7) is 1.86. The van der Waals surface area contributed by atoms with Crippen molar-refractivity contribution < 1.29 is 0 Å². The minimum atomic E-state index is -0.0950. The molecule has 3 rings (SSSR count). The van der Waals surface area contributed by atoms with Crippen LogP contribution in [0.3, 0.4) is 0 Å². The normalized spacial score (nSPS) is 11.2. The largest absolute Gasteiger partial charge is 0.277 e. The van der Waals surface area contributed by atoms with Crippen LogP contribution in [-0.4, -0.2) is 19.6 Å². The number of aromatic nitrogens is 4. The van der Waals surface area contributed by atoms with Crippen LogP contribution in [0.2, 0.25) is 0 Å². The zero-order valence-electron chi connectivity index (χ0n) is 11.8. The Morgan fingerprint density at radius 2 is 1.75 bits per heavy atom. The quantitative estimate of drug-likeness (QED) is 0.709. The Balaban J connectivity index is 2.26. The van der Waals surface area contributed by atoms with Crippen LogP contribution < -0.4 is 5.56 Å². The van der Waals surface area contributed by atoms with E-state index in [9.17, 15) is 4.79 Å². The maximum atomic E-state index is 12.2. The van der Waals surface area contributed by atoms with Crippen LogP contribution in [0.4, 0.5) is 0 Å². The first-order valence-electron chi connectivity index (χ1n) is 6.51. The van der Waals surface area contributed by atoms with Gasteiger partial charge in [0.15, 0.2) is 0 Å². The van der Waals surface area contributed by atoms with Gasteiger partial charge in [-0.15, -0.1) is 0 Å². The van der Waals surface area contributed by atoms with E-state index < -0.39 is 0 Å². The van der Waals surface area contributed by atoms with Crippen molar-refractivity contribution in [1.29, 1.82) is 0 Å². The van der Waals surface area contributed by atoms with E-state index in [0.29, 0.717) is 11.8 Å². The first-order valence-corrected chi connectivity index (χ1v) is 6.51. The van der Waals surface area contributed by atoms with Gasteiger partial charge in [0.05, 0.1) is 22.3 Å². The van der Waals surface area contributed by atoms with Gasteiger partial charge in [-0.3, -0.25) is 9.48 Å². The second-order valence-corrected chi connectivity index (χ2v) is 4.97. The summed E-state index contributed by atoms with van der Waals surface area (Å²) in [5.41, 5.74) is 3.52. The molecule has 0 aliphatic rings. The fourth-order valence-electron chi connectivity index (χ4n) is 2.59. The monoisotopic (exact) mass is 268 g/mol. The van der Waals surface area contributed by atoms with Crippen LogP contribution in [0.25, 0.3) is 10.9 Å². The van der Waals surface area contributed by atoms with Crippen LogP contribution in [0, 0.1) is 6.92 Å². The third kappa shape index (κ3) is 1.91. The summed E-state index contributed by atoms with van der Waals surface area (Å²) in [4.78, 5) is 12.2. The Morgan fingerprint density at radius 1 is 1.05 bits per heavy atom. The molecular formula is C15H16N4O. The number of hydrogen-bond acceptors (Lipinski definition) is 3. The van der Waals surface area contributed by atoms with Crippen LogP contribution in [-0.2, 0) is 20.5 Å². The van der Waals surface area contributed by atoms with Crippen molar-refractivity contribution in [3.63, 3.8) is 0 Å². The zero-order valence-corrected chi connectivity index (χ0v) is 11.8. The lowest BCUT2D eigenvalue weighted by Crippen LogP contribution is -2.22. The molecule has 0 unspecified atom stereocenters. The van der Waals surface area contributed by atoms with E-state index >= 15 is 0 Å². The van der Waals surface area contributed by atoms with Crippen molar-refractivity contribution >= 4 is 10.9 Å². The molecule has 5 nitrogen and oxygen atoms in total. The minimum absolute atomic E-state index is 0.0950. The summed E-state index contributed by atoms with van der Waals surface area (Å²) in [5, 5.41) is 9.43. The first-order chi connectivity index (χ1) is 9.58. The molecule has 0 aliphatic heterocycles. The van der Waals surface area contributed by atoms with E-state index in [1.807, 2.05) is 32.2 Å². The smallest absolute Gasteiger partial charge is 0.267 e. The standard InChI is InChI=1S/C15H16N4O/c1-10-13-14(18(2)16-10)12(17-19(3)15(13)20)9-11-7-5-4-6-8-11/h4-8H,9H2,1-3H3. The molecule has 2 aromatic heterocycles. The third-order valence-corrected chi connectivity index (χ3v) is 3.49. The van der Waals surface area contributed by atoms with Gasteiger partial charge in [0, 0.05) is 20.5 Å². The number of hydrogen-bond donors (Lipinski definition) is 0. The molecule has 5 heteroatoms. The minimum Gasteiger partial charge on any atom is -0.267 e. The van der Waals surface area contributed by atoms with Crippen molar-refractivity contribution in [2.75, 3.05) is 0 Å². The molecular weight excluding hydrogens is 252 g/mol. The molecule has 0 spiro atoms. The van der Waals surface area contributed by atoms with E-state index in [-0.39, 0.29) is 5.56 Å². The molecule has 0 aliphatic carbocycles. The molecule has 102 valence electrons. The molecule has 0 amide bonds. The Hall–Kier alpha value is -2.43. The lowest BCUT2D eigenvalue weighted by Gasteiger charge is -2.06. The Morgan fingerprint density at radius 3 is 2.45 bits per heavy atom. The molecule has 0 saturated heterocycles. The van der Waals surface area contributed by atoms with Crippen LogP contribution >= 0.6 is 0 Å². The lowest BCUT2D eigenvalue weighted by molar-refractivity contribution is 0.690. The molecule has 0 atom stereocenters. The highest BCUT2D eigenvalue weighted by Gasteiger charge is 2.16. The molecule has 1 aromatic carbocycles. The number of nitrogens with zero attached hydrogens (tertiary/aromatic N) is 4. The third-order valence-electron chi connectivity index (χ3n) is 3.49. The van der Waals surface area contributed by atoms with E-state index in [4.69, 9.17) is 0 Å². The SMILES string of the molecule is Cc1nn(C)c2c(Cc3ccccc3)nn(C)c(=O)c12. The van der Waals surface area contributed by atoms with Crippen molar-refractivity contribution in [3.05, 3.63) is 57.6 Å². The van der Waals surface area contributed by atoms with E-state index in [2.05, 4.69) is 22.3 Å². The first kappa shape index (κ1) is 12.6. The number of rotatable bonds is 2. The van der Waals surface area contributed by atoms with Crippen LogP contribution in [0.15, 0.2) is 35.1 Å². The molecule has 2 heterocycles. The van der Waals surface area contributed by atoms with Crippen molar-refractivity contribution in [2.24, 2.45) is 14.1 Å². The molecule has 3 aromatic rings. The van der Waals surface area contributed by atoms with Gasteiger partial charge in [-0.2, -0.15) is 10.2 Å². The molecule has 0 bridgehead atoms. The predicted octanol–water partition coefficient (Wildman–Crippen LogP) is 1.57. The lowest BCUT2D eigenvalue weighted by atomic mass is 10.1. The van der Waals surface area contributed by atoms with E-state index in [1.165, 1.54) is 10.2 Å². The summed E-state index contributed by atoms with van der Waals surface area (Å²) in [7, 11) is 3.54. The van der Waals surface area contributed by atoms with Crippen LogP contribution in [0.5, 0.6) is 0 Å². The average Bonchev–Trinajstić information content (AvgIpc) is 2.72. The molecule has 0 saturated carbocycles. The summed E-state index contributed by atoms with van der Waals surface area (Å²) in [6, 6.07) is 10.1. The Bertz CT molecular complexity index is 830. The number of fused-ring (bicyclic) bond motifs is 1. The number of aryl methyl sites for hydroxylation is 3. The van der Waals surface area contributed by atoms with Gasteiger partial charge in [-0.25, -0.2) is 4.68 Å². The highest BCUT2D eigenvalue weighted by Crippen LogP contribution is 2.18. The van der Waals surface area contributed by atoms with Gasteiger partial charge >= 0.3 is 0 Å². The fraction of sp³-hybridized carbons (Fsp3) is 0.267. The van der Waals surface area contributed by atoms with Crippen molar-refractivity contribution in [2.45, 2.75) is 13.3 Å². The van der Waals surface area contributed by atoms with Crippen molar-refractivity contribution in [3.8, 4) is 0 Å². The van der Waals surface area contributed by atoms with Gasteiger partial charge in [-0.1, -0.05) is 30.3 Å². The van der Waals surface area contributed by atoms with Gasteiger partial charge in [-0.05, 0) is 12.5 Å². The van der Waals surface area contributed by atoms with Crippen molar-refractivity contribution in [1.82, 2.24) is 19.6 Å². The average molecular weight is 268 g/mol. The second-order valence-electron chi connectivity index (χ2n) is 4.97. The Labute approximate surface area is 116 Å². The summed E-state index contributed by atoms with van der Waals surface area (Å²) in [6.07, 6.45) is 0.685. The van der Waals surface area contributed by atoms with Gasteiger partial charge in [0.25, 0.3) is 5.56 Å². The second kappa shape index (κ2) is 4.59. The maximum absolute atomic E-state index is 12.2. The maximum Gasteiger partial charge on any atom is 0.277 e. The van der Waals surface area contributed by atoms with Gasteiger partial charge in [0.2, 0.25) is 0 Å². The molecule has 0 radical (unpaired) electrons. The zero-order chi connectivity index (χ0) is 14.3. The predicted molar refractivity (Wildman–Crippen MR) is 77.7 cm³/mol. The number of benzene rings is 1. The van der Waals surface area contributed by atoms with E-state index in [0.717, 1.165) is 16.9 Å². The molecule has 0 N–H and O–H groups in total. The topological polar surface area (TPSA) is 52.7 Å². The van der Waals surface area contributed by atoms with E-state index in [1.54, 1.807) is 11.7 Å². The molecule has 0 fully saturated rings.